The van der Waals surface area contributed by atoms with Gasteiger partial charge in [-0.15, -0.1) is 0 Å². The number of nitrogens with zero attached hydrogens (tertiary/aromatic N) is 3. The zero-order chi connectivity index (χ0) is 18.1. The molecule has 2 rings (SSSR count). The van der Waals surface area contributed by atoms with Gasteiger partial charge in [0.25, 0.3) is 0 Å². The maximum atomic E-state index is 11.8. The summed E-state index contributed by atoms with van der Waals surface area (Å²) in [6.07, 6.45) is 0.638. The van der Waals surface area contributed by atoms with Crippen molar-refractivity contribution >= 4 is 56.5 Å². The van der Waals surface area contributed by atoms with Crippen molar-refractivity contribution in [1.82, 2.24) is 15.4 Å². The summed E-state index contributed by atoms with van der Waals surface area (Å²) in [6.45, 7) is 3.71. The summed E-state index contributed by atoms with van der Waals surface area (Å²) >= 11 is 9.97. The predicted molar refractivity (Wildman–Crippen MR) is 101 cm³/mol. The minimum Gasteiger partial charge on any atom is -0.507 e. The number of hydrogen-bond donors (Lipinski definition) is 3. The van der Waals surface area contributed by atoms with E-state index in [0.29, 0.717) is 14.9 Å². The van der Waals surface area contributed by atoms with Crippen LogP contribution in [-0.4, -0.2) is 54.9 Å². The Kier molecular flexibility index (Phi) is 5.74. The highest BCUT2D eigenvalue weighted by atomic mass is 79.9. The second kappa shape index (κ2) is 7.26. The average Bonchev–Trinajstić information content (AvgIpc) is 2.74. The molecule has 1 aromatic carbocycles. The van der Waals surface area contributed by atoms with Gasteiger partial charge >= 0.3 is 6.03 Å². The number of phenolic OH excluding ortho intramolecular Hbond substituents is 1. The molecule has 1 aliphatic heterocycles. The number of halogens is 1. The molecule has 24 heavy (non-hydrogen) atoms. The molecule has 10 heteroatoms. The summed E-state index contributed by atoms with van der Waals surface area (Å²) in [5, 5.41) is 28.7. The molecule has 130 valence electrons. The normalized spacial score (nSPS) is 19.8. The molecule has 1 aliphatic rings. The fourth-order valence-electron chi connectivity index (χ4n) is 2.21. The number of hydroxylamine groups is 2. The molecule has 1 atom stereocenters. The second-order valence-corrected chi connectivity index (χ2v) is 8.74. The molecule has 0 radical (unpaired) electrons. The van der Waals surface area contributed by atoms with E-state index in [9.17, 15) is 15.1 Å². The highest BCUT2D eigenvalue weighted by Gasteiger charge is 2.49. The van der Waals surface area contributed by atoms with Crippen LogP contribution in [0, 0.1) is 0 Å². The fraction of sp³-hybridized carbons (Fsp3) is 0.357. The molecular weight excluding hydrogens is 416 g/mol. The van der Waals surface area contributed by atoms with E-state index in [1.54, 1.807) is 12.1 Å². The number of amides is 2. The lowest BCUT2D eigenvalue weighted by Gasteiger charge is -2.33. The Morgan fingerprint density at radius 1 is 1.58 bits per heavy atom. The summed E-state index contributed by atoms with van der Waals surface area (Å²) in [5.41, 5.74) is 0.477. The molecule has 1 heterocycles. The number of benzene rings is 1. The summed E-state index contributed by atoms with van der Waals surface area (Å²) in [4.78, 5) is 11.8. The maximum Gasteiger partial charge on any atom is 0.343 e. The molecule has 0 aliphatic carbocycles. The molecule has 1 saturated heterocycles. The Morgan fingerprint density at radius 3 is 2.88 bits per heavy atom. The first-order chi connectivity index (χ1) is 11.2. The van der Waals surface area contributed by atoms with Gasteiger partial charge in [-0.05, 0) is 32.0 Å². The number of rotatable bonds is 3. The first kappa shape index (κ1) is 19.0. The standard InChI is InChI=1S/C14H17BrN4O3S2/c1-14(2)11(19(22)12(21)16-3)18(13(23)24-14)17-7-8-6-9(15)4-5-10(8)20/h4-7,11,20,22H,1-3H3,(H,16,21)/b17-7+. The number of aromatic hydroxyl groups is 1. The molecule has 7 nitrogen and oxygen atoms in total. The van der Waals surface area contributed by atoms with Gasteiger partial charge in [0.05, 0.1) is 11.0 Å². The number of carbonyl (C=O) groups excluding carboxylic acids is 1. The average molecular weight is 433 g/mol. The van der Waals surface area contributed by atoms with Gasteiger partial charge in [-0.2, -0.15) is 10.2 Å². The fourth-order valence-corrected chi connectivity index (χ4v) is 4.37. The third-order valence-corrected chi connectivity index (χ3v) is 5.38. The van der Waals surface area contributed by atoms with Crippen LogP contribution in [0.4, 0.5) is 4.79 Å². The molecule has 0 saturated carbocycles. The zero-order valence-corrected chi connectivity index (χ0v) is 16.4. The maximum absolute atomic E-state index is 11.8. The van der Waals surface area contributed by atoms with E-state index in [1.165, 1.54) is 36.1 Å². The number of nitrogens with one attached hydrogen (secondary N) is 1. The van der Waals surface area contributed by atoms with E-state index in [1.807, 2.05) is 13.8 Å². The Balaban J connectivity index is 2.35. The van der Waals surface area contributed by atoms with Gasteiger partial charge in [0, 0.05) is 17.1 Å². The molecule has 1 fully saturated rings. The molecule has 3 N–H and O–H groups in total. The van der Waals surface area contributed by atoms with Crippen molar-refractivity contribution < 1.29 is 15.1 Å². The molecular formula is C14H17BrN4O3S2. The molecule has 0 spiro atoms. The van der Waals surface area contributed by atoms with Crippen LogP contribution in [0.2, 0.25) is 0 Å². The van der Waals surface area contributed by atoms with E-state index >= 15 is 0 Å². The monoisotopic (exact) mass is 432 g/mol. The number of thioether (sulfide) groups is 1. The van der Waals surface area contributed by atoms with Gasteiger partial charge < -0.3 is 10.4 Å². The summed E-state index contributed by atoms with van der Waals surface area (Å²) < 4.78 is 0.625. The van der Waals surface area contributed by atoms with Crippen LogP contribution in [0.3, 0.4) is 0 Å². The third-order valence-electron chi connectivity index (χ3n) is 3.36. The number of carbonyl (C=O) groups is 1. The lowest BCUT2D eigenvalue weighted by Crippen LogP contribution is -2.55. The molecule has 0 aromatic heterocycles. The van der Waals surface area contributed by atoms with Crippen molar-refractivity contribution in [2.75, 3.05) is 7.05 Å². The van der Waals surface area contributed by atoms with Crippen LogP contribution in [-0.2, 0) is 0 Å². The van der Waals surface area contributed by atoms with Crippen molar-refractivity contribution in [2.45, 2.75) is 24.8 Å². The number of hydrazone groups is 1. The van der Waals surface area contributed by atoms with Crippen LogP contribution in [0.15, 0.2) is 27.8 Å². The summed E-state index contributed by atoms with van der Waals surface area (Å²) in [7, 11) is 1.42. The Labute approximate surface area is 157 Å². The molecule has 1 aromatic rings. The van der Waals surface area contributed by atoms with Crippen molar-refractivity contribution in [2.24, 2.45) is 5.10 Å². The number of thiocarbonyl (C=S) groups is 1. The second-order valence-electron chi connectivity index (χ2n) is 5.54. The van der Waals surface area contributed by atoms with Crippen LogP contribution in [0.1, 0.15) is 19.4 Å². The molecule has 0 bridgehead atoms. The highest BCUT2D eigenvalue weighted by molar-refractivity contribution is 9.10. The molecule has 1 unspecified atom stereocenters. The van der Waals surface area contributed by atoms with Gasteiger partial charge in [0.2, 0.25) is 0 Å². The summed E-state index contributed by atoms with van der Waals surface area (Å²) in [5.74, 6) is 0.0580. The molecule has 2 amide bonds. The van der Waals surface area contributed by atoms with Gasteiger partial charge in [-0.1, -0.05) is 39.9 Å². The van der Waals surface area contributed by atoms with Crippen molar-refractivity contribution in [1.29, 1.82) is 0 Å². The largest absolute Gasteiger partial charge is 0.507 e. The topological polar surface area (TPSA) is 88.4 Å². The van der Waals surface area contributed by atoms with E-state index in [0.717, 1.165) is 4.47 Å². The van der Waals surface area contributed by atoms with Crippen LogP contribution < -0.4 is 5.32 Å². The van der Waals surface area contributed by atoms with E-state index in [4.69, 9.17) is 12.2 Å². The van der Waals surface area contributed by atoms with Crippen LogP contribution >= 0.6 is 39.9 Å². The van der Waals surface area contributed by atoms with E-state index < -0.39 is 16.9 Å². The minimum absolute atomic E-state index is 0.0580. The lowest BCUT2D eigenvalue weighted by atomic mass is 10.1. The number of phenols is 1. The van der Waals surface area contributed by atoms with Gasteiger partial charge in [-0.25, -0.2) is 9.80 Å². The van der Waals surface area contributed by atoms with Crippen molar-refractivity contribution in [3.8, 4) is 5.75 Å². The van der Waals surface area contributed by atoms with Gasteiger partial charge in [-0.3, -0.25) is 5.21 Å². The first-order valence-corrected chi connectivity index (χ1v) is 8.93. The lowest BCUT2D eigenvalue weighted by molar-refractivity contribution is -0.117. The summed E-state index contributed by atoms with van der Waals surface area (Å²) in [6, 6.07) is 4.27. The predicted octanol–water partition coefficient (Wildman–Crippen LogP) is 2.96. The SMILES string of the molecule is CNC(=O)N(O)C1N(/N=C/c2cc(Br)ccc2O)C(=S)SC1(C)C. The third kappa shape index (κ3) is 3.82. The van der Waals surface area contributed by atoms with Gasteiger partial charge in [0.1, 0.15) is 5.75 Å². The van der Waals surface area contributed by atoms with Crippen LogP contribution in [0.25, 0.3) is 0 Å². The van der Waals surface area contributed by atoms with Crippen molar-refractivity contribution in [3.05, 3.63) is 28.2 Å². The van der Waals surface area contributed by atoms with Crippen LogP contribution in [0.5, 0.6) is 5.75 Å². The van der Waals surface area contributed by atoms with E-state index in [2.05, 4.69) is 26.3 Å². The minimum atomic E-state index is -0.791. The van der Waals surface area contributed by atoms with E-state index in [-0.39, 0.29) is 5.75 Å². The Morgan fingerprint density at radius 2 is 2.25 bits per heavy atom. The zero-order valence-electron chi connectivity index (χ0n) is 13.2. The quantitative estimate of drug-likeness (QED) is 0.294. The Bertz CT molecular complexity index is 699. The van der Waals surface area contributed by atoms with Crippen molar-refractivity contribution in [3.63, 3.8) is 0 Å². The number of hydrogen-bond acceptors (Lipinski definition) is 6. The number of urea groups is 1. The highest BCUT2D eigenvalue weighted by Crippen LogP contribution is 2.42. The Hall–Kier alpha value is -1.36. The van der Waals surface area contributed by atoms with Gasteiger partial charge in [0.15, 0.2) is 10.5 Å². The smallest absolute Gasteiger partial charge is 0.343 e. The first-order valence-electron chi connectivity index (χ1n) is 6.92.